The second-order valence-electron chi connectivity index (χ2n) is 4.21. The first kappa shape index (κ1) is 11.1. The molecule has 1 aliphatic rings. The van der Waals surface area contributed by atoms with Crippen LogP contribution < -0.4 is 4.74 Å². The van der Waals surface area contributed by atoms with Crippen LogP contribution in [0.5, 0.6) is 5.75 Å². The number of aromatic nitrogens is 1. The van der Waals surface area contributed by atoms with Crippen molar-refractivity contribution < 1.29 is 4.74 Å². The molecule has 2 aromatic rings. The van der Waals surface area contributed by atoms with Gasteiger partial charge in [-0.3, -0.25) is 4.98 Å². The van der Waals surface area contributed by atoms with Crippen LogP contribution in [-0.4, -0.2) is 12.1 Å². The van der Waals surface area contributed by atoms with Crippen LogP contribution in [0.4, 0.5) is 0 Å². The standard InChI is InChI=1S/C13H11Cl2NO/c1-17-12-6-11-8(5-9(12)14)13(15)7-3-2-4-10(7)16-11/h5-6H,2-4H2,1H3. The molecule has 0 bridgehead atoms. The zero-order valence-electron chi connectivity index (χ0n) is 9.39. The number of fused-ring (bicyclic) bond motifs is 2. The second kappa shape index (κ2) is 4.04. The number of nitrogens with zero attached hydrogens (tertiary/aromatic N) is 1. The highest BCUT2D eigenvalue weighted by atomic mass is 35.5. The zero-order valence-corrected chi connectivity index (χ0v) is 10.9. The number of pyridine rings is 1. The molecule has 1 aromatic heterocycles. The van der Waals surface area contributed by atoms with E-state index in [4.69, 9.17) is 27.9 Å². The summed E-state index contributed by atoms with van der Waals surface area (Å²) in [7, 11) is 1.60. The maximum Gasteiger partial charge on any atom is 0.139 e. The maximum absolute atomic E-state index is 6.42. The minimum Gasteiger partial charge on any atom is -0.495 e. The first-order valence-electron chi connectivity index (χ1n) is 5.55. The molecule has 0 amide bonds. The van der Waals surface area contributed by atoms with Gasteiger partial charge in [0, 0.05) is 17.1 Å². The third-order valence-corrected chi connectivity index (χ3v) is 3.94. The summed E-state index contributed by atoms with van der Waals surface area (Å²) in [6, 6.07) is 3.69. The molecule has 0 unspecified atom stereocenters. The normalized spacial score (nSPS) is 14.1. The number of hydrogen-bond donors (Lipinski definition) is 0. The van der Waals surface area contributed by atoms with E-state index >= 15 is 0 Å². The number of aryl methyl sites for hydroxylation is 1. The van der Waals surface area contributed by atoms with E-state index in [0.717, 1.165) is 40.9 Å². The molecular formula is C13H11Cl2NO. The lowest BCUT2D eigenvalue weighted by molar-refractivity contribution is 0.415. The van der Waals surface area contributed by atoms with Crippen LogP contribution in [0.1, 0.15) is 17.7 Å². The Morgan fingerprint density at radius 2 is 2.06 bits per heavy atom. The second-order valence-corrected chi connectivity index (χ2v) is 4.99. The Kier molecular flexibility index (Phi) is 2.64. The topological polar surface area (TPSA) is 22.1 Å². The maximum atomic E-state index is 6.42. The lowest BCUT2D eigenvalue weighted by atomic mass is 10.1. The molecule has 0 fully saturated rings. The van der Waals surface area contributed by atoms with Crippen molar-refractivity contribution in [1.29, 1.82) is 0 Å². The van der Waals surface area contributed by atoms with E-state index in [9.17, 15) is 0 Å². The van der Waals surface area contributed by atoms with Crippen LogP contribution in [0.25, 0.3) is 10.9 Å². The van der Waals surface area contributed by atoms with Crippen molar-refractivity contribution in [3.05, 3.63) is 33.4 Å². The minimum atomic E-state index is 0.571. The van der Waals surface area contributed by atoms with Gasteiger partial charge in [0.25, 0.3) is 0 Å². The van der Waals surface area contributed by atoms with Crippen LogP contribution in [0, 0.1) is 0 Å². The Bertz CT molecular complexity index is 605. The Balaban J connectivity index is 2.35. The molecule has 0 spiro atoms. The highest BCUT2D eigenvalue weighted by Gasteiger charge is 2.19. The van der Waals surface area contributed by atoms with Gasteiger partial charge in [-0.05, 0) is 30.9 Å². The molecule has 3 rings (SSSR count). The van der Waals surface area contributed by atoms with Gasteiger partial charge in [0.15, 0.2) is 0 Å². The first-order chi connectivity index (χ1) is 8.20. The van der Waals surface area contributed by atoms with Gasteiger partial charge in [-0.15, -0.1) is 0 Å². The summed E-state index contributed by atoms with van der Waals surface area (Å²) < 4.78 is 5.20. The molecule has 1 heterocycles. The van der Waals surface area contributed by atoms with E-state index in [1.807, 2.05) is 12.1 Å². The van der Waals surface area contributed by atoms with Gasteiger partial charge in [0.2, 0.25) is 0 Å². The summed E-state index contributed by atoms with van der Waals surface area (Å²) in [6.07, 6.45) is 3.15. The number of ether oxygens (including phenoxy) is 1. The average molecular weight is 268 g/mol. The number of methoxy groups -OCH3 is 1. The van der Waals surface area contributed by atoms with E-state index in [1.54, 1.807) is 7.11 Å². The van der Waals surface area contributed by atoms with Crippen LogP contribution in [0.3, 0.4) is 0 Å². The third kappa shape index (κ3) is 1.67. The van der Waals surface area contributed by atoms with Gasteiger partial charge >= 0.3 is 0 Å². The zero-order chi connectivity index (χ0) is 12.0. The van der Waals surface area contributed by atoms with Gasteiger partial charge in [0.1, 0.15) is 5.75 Å². The highest BCUT2D eigenvalue weighted by molar-refractivity contribution is 6.38. The summed E-state index contributed by atoms with van der Waals surface area (Å²) in [5.74, 6) is 0.640. The van der Waals surface area contributed by atoms with Crippen molar-refractivity contribution in [2.75, 3.05) is 7.11 Å². The van der Waals surface area contributed by atoms with Crippen LogP contribution in [0.15, 0.2) is 12.1 Å². The Morgan fingerprint density at radius 3 is 2.82 bits per heavy atom. The van der Waals surface area contributed by atoms with Crippen molar-refractivity contribution >= 4 is 34.1 Å². The van der Waals surface area contributed by atoms with E-state index in [0.29, 0.717) is 10.8 Å². The van der Waals surface area contributed by atoms with E-state index in [-0.39, 0.29) is 0 Å². The number of hydrogen-bond acceptors (Lipinski definition) is 2. The molecule has 1 aliphatic carbocycles. The number of rotatable bonds is 1. The largest absolute Gasteiger partial charge is 0.495 e. The average Bonchev–Trinajstić information content (AvgIpc) is 2.78. The molecule has 0 atom stereocenters. The molecule has 0 aliphatic heterocycles. The smallest absolute Gasteiger partial charge is 0.139 e. The van der Waals surface area contributed by atoms with E-state index in [1.165, 1.54) is 5.56 Å². The highest BCUT2D eigenvalue weighted by Crippen LogP contribution is 2.37. The van der Waals surface area contributed by atoms with E-state index < -0.39 is 0 Å². The van der Waals surface area contributed by atoms with Gasteiger partial charge in [0.05, 0.1) is 22.7 Å². The molecule has 0 N–H and O–H groups in total. The minimum absolute atomic E-state index is 0.571. The fraction of sp³-hybridized carbons (Fsp3) is 0.308. The van der Waals surface area contributed by atoms with Gasteiger partial charge < -0.3 is 4.74 Å². The summed E-state index contributed by atoms with van der Waals surface area (Å²) in [4.78, 5) is 4.64. The lowest BCUT2D eigenvalue weighted by Crippen LogP contribution is -1.93. The predicted octanol–water partition coefficient (Wildman–Crippen LogP) is 4.04. The predicted molar refractivity (Wildman–Crippen MR) is 70.3 cm³/mol. The fourth-order valence-corrected chi connectivity index (χ4v) is 2.96. The van der Waals surface area contributed by atoms with Crippen molar-refractivity contribution in [2.45, 2.75) is 19.3 Å². The molecule has 4 heteroatoms. The molecule has 0 saturated heterocycles. The number of halogens is 2. The summed E-state index contributed by atoms with van der Waals surface area (Å²) in [6.45, 7) is 0. The molecular weight excluding hydrogens is 257 g/mol. The molecule has 0 radical (unpaired) electrons. The summed E-state index contributed by atoms with van der Waals surface area (Å²) >= 11 is 12.5. The Labute approximate surface area is 110 Å². The Hall–Kier alpha value is -0.990. The van der Waals surface area contributed by atoms with Crippen molar-refractivity contribution in [2.24, 2.45) is 0 Å². The molecule has 88 valence electrons. The van der Waals surface area contributed by atoms with Crippen molar-refractivity contribution in [3.63, 3.8) is 0 Å². The molecule has 0 saturated carbocycles. The van der Waals surface area contributed by atoms with Gasteiger partial charge in [-0.2, -0.15) is 0 Å². The van der Waals surface area contributed by atoms with Gasteiger partial charge in [-0.1, -0.05) is 23.2 Å². The number of benzene rings is 1. The Morgan fingerprint density at radius 1 is 1.24 bits per heavy atom. The van der Waals surface area contributed by atoms with Crippen LogP contribution >= 0.6 is 23.2 Å². The lowest BCUT2D eigenvalue weighted by Gasteiger charge is -2.09. The van der Waals surface area contributed by atoms with Crippen molar-refractivity contribution in [1.82, 2.24) is 4.98 Å². The third-order valence-electron chi connectivity index (χ3n) is 3.22. The molecule has 1 aromatic carbocycles. The molecule has 2 nitrogen and oxygen atoms in total. The van der Waals surface area contributed by atoms with Gasteiger partial charge in [-0.25, -0.2) is 0 Å². The molecule has 17 heavy (non-hydrogen) atoms. The summed E-state index contributed by atoms with van der Waals surface area (Å²) in [5.41, 5.74) is 3.16. The monoisotopic (exact) mass is 267 g/mol. The van der Waals surface area contributed by atoms with Crippen LogP contribution in [0.2, 0.25) is 10.0 Å². The fourth-order valence-electron chi connectivity index (χ4n) is 2.36. The van der Waals surface area contributed by atoms with E-state index in [2.05, 4.69) is 4.98 Å². The quantitative estimate of drug-likeness (QED) is 0.778. The first-order valence-corrected chi connectivity index (χ1v) is 6.31. The SMILES string of the molecule is COc1cc2nc3c(c(Cl)c2cc1Cl)CCC3. The van der Waals surface area contributed by atoms with Crippen molar-refractivity contribution in [3.8, 4) is 5.75 Å². The summed E-state index contributed by atoms with van der Waals surface area (Å²) in [5, 5.41) is 2.28. The van der Waals surface area contributed by atoms with Crippen LogP contribution in [-0.2, 0) is 12.8 Å².